The highest BCUT2D eigenvalue weighted by molar-refractivity contribution is 7.80. The molecule has 1 unspecified atom stereocenters. The van der Waals surface area contributed by atoms with Crippen LogP contribution in [0.3, 0.4) is 0 Å². The van der Waals surface area contributed by atoms with Gasteiger partial charge in [-0.3, -0.25) is 4.79 Å². The van der Waals surface area contributed by atoms with Gasteiger partial charge in [0.2, 0.25) is 0 Å². The first-order chi connectivity index (χ1) is 12.8. The van der Waals surface area contributed by atoms with E-state index in [0.29, 0.717) is 28.1 Å². The molecular formula is C20H19Cl2N3OS. The van der Waals surface area contributed by atoms with Gasteiger partial charge in [0.05, 0.1) is 21.3 Å². The maximum absolute atomic E-state index is 12.3. The Bertz CT molecular complexity index is 1040. The minimum atomic E-state index is -0.250. The van der Waals surface area contributed by atoms with E-state index >= 15 is 0 Å². The average Bonchev–Trinajstić information content (AvgIpc) is 2.60. The lowest BCUT2D eigenvalue weighted by Crippen LogP contribution is -2.36. The molecule has 0 aromatic heterocycles. The molecule has 0 saturated carbocycles. The second-order valence-electron chi connectivity index (χ2n) is 6.52. The van der Waals surface area contributed by atoms with E-state index in [0.717, 1.165) is 21.8 Å². The maximum Gasteiger partial charge on any atom is 0.253 e. The maximum atomic E-state index is 12.3. The smallest absolute Gasteiger partial charge is 0.253 e. The quantitative estimate of drug-likeness (QED) is 0.743. The monoisotopic (exact) mass is 419 g/mol. The van der Waals surface area contributed by atoms with Crippen LogP contribution >= 0.6 is 35.4 Å². The van der Waals surface area contributed by atoms with E-state index in [1.807, 2.05) is 19.1 Å². The molecule has 4 nitrogen and oxygen atoms in total. The number of hydrogen-bond acceptors (Lipinski definition) is 2. The lowest BCUT2D eigenvalue weighted by atomic mass is 9.98. The second-order valence-corrected chi connectivity index (χ2v) is 7.74. The fourth-order valence-electron chi connectivity index (χ4n) is 2.84. The van der Waals surface area contributed by atoms with Gasteiger partial charge in [-0.1, -0.05) is 29.3 Å². The SMILES string of the molecule is Cc1cc2c(cc1C)=NC(=O)C(CCNC(=S)Nc1ccc(Cl)c(Cl)c1)C=2. The molecule has 7 heteroatoms. The molecule has 1 amide bonds. The highest BCUT2D eigenvalue weighted by Gasteiger charge is 2.18. The molecule has 1 heterocycles. The first-order valence-corrected chi connectivity index (χ1v) is 9.71. The number of carbonyl (C=O) groups excluding carboxylic acids is 1. The van der Waals surface area contributed by atoms with Crippen LogP contribution in [0.2, 0.25) is 10.0 Å². The molecule has 3 rings (SSSR count). The summed E-state index contributed by atoms with van der Waals surface area (Å²) >= 11 is 17.2. The van der Waals surface area contributed by atoms with Crippen molar-refractivity contribution in [3.8, 4) is 0 Å². The van der Waals surface area contributed by atoms with E-state index in [9.17, 15) is 4.79 Å². The summed E-state index contributed by atoms with van der Waals surface area (Å²) in [6.45, 7) is 4.63. The zero-order valence-electron chi connectivity index (χ0n) is 15.0. The van der Waals surface area contributed by atoms with Crippen LogP contribution in [-0.2, 0) is 4.79 Å². The van der Waals surface area contributed by atoms with Gasteiger partial charge >= 0.3 is 0 Å². The van der Waals surface area contributed by atoms with Gasteiger partial charge in [-0.2, -0.15) is 0 Å². The summed E-state index contributed by atoms with van der Waals surface area (Å²) in [6.07, 6.45) is 2.60. The first kappa shape index (κ1) is 19.8. The third kappa shape index (κ3) is 4.86. The molecule has 0 fully saturated rings. The number of aryl methyl sites for hydroxylation is 2. The van der Waals surface area contributed by atoms with Gasteiger partial charge in [-0.25, -0.2) is 4.99 Å². The zero-order chi connectivity index (χ0) is 19.6. The Morgan fingerprint density at radius 2 is 1.89 bits per heavy atom. The molecule has 2 aromatic rings. The topological polar surface area (TPSA) is 53.5 Å². The van der Waals surface area contributed by atoms with E-state index in [4.69, 9.17) is 35.4 Å². The molecule has 27 heavy (non-hydrogen) atoms. The molecule has 1 atom stereocenters. The Hall–Kier alpha value is -1.95. The number of rotatable bonds is 4. The van der Waals surface area contributed by atoms with Crippen LogP contribution in [0.1, 0.15) is 17.5 Å². The van der Waals surface area contributed by atoms with Gasteiger partial charge in [0.1, 0.15) is 0 Å². The summed E-state index contributed by atoms with van der Waals surface area (Å²) in [5, 5.41) is 9.32. The van der Waals surface area contributed by atoms with Gasteiger partial charge in [-0.05, 0) is 79.2 Å². The fraction of sp³-hybridized carbons (Fsp3) is 0.250. The lowest BCUT2D eigenvalue weighted by Gasteiger charge is -2.15. The Morgan fingerprint density at radius 1 is 1.15 bits per heavy atom. The Balaban J connectivity index is 1.59. The number of fused-ring (bicyclic) bond motifs is 1. The van der Waals surface area contributed by atoms with Gasteiger partial charge < -0.3 is 10.6 Å². The van der Waals surface area contributed by atoms with Gasteiger partial charge in [-0.15, -0.1) is 0 Å². The van der Waals surface area contributed by atoms with Crippen molar-refractivity contribution in [3.63, 3.8) is 0 Å². The molecule has 140 valence electrons. The lowest BCUT2D eigenvalue weighted by molar-refractivity contribution is -0.120. The van der Waals surface area contributed by atoms with E-state index in [1.165, 1.54) is 5.56 Å². The predicted octanol–water partition coefficient (Wildman–Crippen LogP) is 3.54. The molecule has 0 bridgehead atoms. The van der Waals surface area contributed by atoms with Gasteiger partial charge in [0, 0.05) is 12.2 Å². The standard InChI is InChI=1S/C20H19Cl2N3OS/c1-11-7-14-9-13(19(26)25-18(14)8-12(11)2)5-6-23-20(27)24-15-3-4-16(21)17(22)10-15/h3-4,7-10,13H,5-6H2,1-2H3,(H2,23,24,27). The number of anilines is 1. The second kappa shape index (κ2) is 8.38. The molecule has 2 N–H and O–H groups in total. The predicted molar refractivity (Wildman–Crippen MR) is 115 cm³/mol. The Labute approximate surface area is 173 Å². The van der Waals surface area contributed by atoms with E-state index in [-0.39, 0.29) is 11.8 Å². The van der Waals surface area contributed by atoms with Gasteiger partial charge in [0.15, 0.2) is 5.11 Å². The minimum Gasteiger partial charge on any atom is -0.362 e. The average molecular weight is 420 g/mol. The normalized spacial score (nSPS) is 15.4. The van der Waals surface area contributed by atoms with Crippen LogP contribution in [0.15, 0.2) is 35.3 Å². The van der Waals surface area contributed by atoms with Crippen molar-refractivity contribution in [2.24, 2.45) is 10.9 Å². The van der Waals surface area contributed by atoms with Crippen LogP contribution < -0.4 is 21.2 Å². The molecule has 0 aliphatic carbocycles. The zero-order valence-corrected chi connectivity index (χ0v) is 17.3. The number of halogens is 2. The molecule has 0 saturated heterocycles. The largest absolute Gasteiger partial charge is 0.362 e. The fourth-order valence-corrected chi connectivity index (χ4v) is 3.36. The summed E-state index contributed by atoms with van der Waals surface area (Å²) in [5.74, 6) is -0.365. The summed E-state index contributed by atoms with van der Waals surface area (Å²) in [5.41, 5.74) is 3.08. The first-order valence-electron chi connectivity index (χ1n) is 8.55. The van der Waals surface area contributed by atoms with Crippen LogP contribution in [0.5, 0.6) is 0 Å². The van der Waals surface area contributed by atoms with Crippen molar-refractivity contribution in [1.82, 2.24) is 5.32 Å². The van der Waals surface area contributed by atoms with Crippen molar-refractivity contribution in [1.29, 1.82) is 0 Å². The molecule has 2 aromatic carbocycles. The summed E-state index contributed by atoms with van der Waals surface area (Å²) in [6, 6.07) is 9.24. The third-order valence-corrected chi connectivity index (χ3v) is 5.48. The van der Waals surface area contributed by atoms with Gasteiger partial charge in [0.25, 0.3) is 5.91 Å². The number of nitrogens with one attached hydrogen (secondary N) is 2. The molecule has 0 radical (unpaired) electrons. The number of benzene rings is 2. The number of amides is 1. The molecule has 0 spiro atoms. The highest BCUT2D eigenvalue weighted by Crippen LogP contribution is 2.24. The van der Waals surface area contributed by atoms with E-state index in [2.05, 4.69) is 28.6 Å². The number of thiocarbonyl (C=S) groups is 1. The number of carbonyl (C=O) groups is 1. The van der Waals surface area contributed by atoms with Crippen LogP contribution in [0.25, 0.3) is 6.08 Å². The third-order valence-electron chi connectivity index (χ3n) is 4.49. The van der Waals surface area contributed by atoms with E-state index in [1.54, 1.807) is 18.2 Å². The molecular weight excluding hydrogens is 401 g/mol. The number of hydrogen-bond donors (Lipinski definition) is 2. The summed E-state index contributed by atoms with van der Waals surface area (Å²) < 4.78 is 0. The van der Waals surface area contributed by atoms with Crippen molar-refractivity contribution < 1.29 is 4.79 Å². The van der Waals surface area contributed by atoms with Crippen molar-refractivity contribution in [2.75, 3.05) is 11.9 Å². The minimum absolute atomic E-state index is 0.115. The Kier molecular flexibility index (Phi) is 6.15. The Morgan fingerprint density at radius 3 is 2.63 bits per heavy atom. The highest BCUT2D eigenvalue weighted by atomic mass is 35.5. The molecule has 1 aliphatic heterocycles. The van der Waals surface area contributed by atoms with Crippen LogP contribution in [0.4, 0.5) is 5.69 Å². The van der Waals surface area contributed by atoms with Crippen molar-refractivity contribution >= 4 is 58.2 Å². The van der Waals surface area contributed by atoms with Crippen LogP contribution in [-0.4, -0.2) is 17.6 Å². The van der Waals surface area contributed by atoms with E-state index < -0.39 is 0 Å². The number of nitrogens with zero attached hydrogens (tertiary/aromatic N) is 1. The summed E-state index contributed by atoms with van der Waals surface area (Å²) in [7, 11) is 0. The van der Waals surface area contributed by atoms with Crippen LogP contribution in [0, 0.1) is 19.8 Å². The molecule has 1 aliphatic rings. The van der Waals surface area contributed by atoms with Crippen molar-refractivity contribution in [2.45, 2.75) is 20.3 Å². The van der Waals surface area contributed by atoms with Crippen molar-refractivity contribution in [3.05, 3.63) is 62.1 Å². The summed E-state index contributed by atoms with van der Waals surface area (Å²) in [4.78, 5) is 16.5.